The van der Waals surface area contributed by atoms with Gasteiger partial charge < -0.3 is 15.4 Å². The van der Waals surface area contributed by atoms with Crippen LogP contribution in [0.5, 0.6) is 11.6 Å². The van der Waals surface area contributed by atoms with Gasteiger partial charge in [-0.2, -0.15) is 0 Å². The van der Waals surface area contributed by atoms with Crippen LogP contribution in [0.3, 0.4) is 0 Å². The average molecular weight is 441 g/mol. The van der Waals surface area contributed by atoms with E-state index in [2.05, 4.69) is 21.5 Å². The zero-order chi connectivity index (χ0) is 22.8. The molecule has 1 amide bonds. The summed E-state index contributed by atoms with van der Waals surface area (Å²) in [6.45, 7) is 4.93. The van der Waals surface area contributed by atoms with Crippen molar-refractivity contribution in [2.24, 2.45) is 0 Å². The topological polar surface area (TPSA) is 112 Å². The summed E-state index contributed by atoms with van der Waals surface area (Å²) in [6, 6.07) is 11.0. The van der Waals surface area contributed by atoms with E-state index in [1.54, 1.807) is 24.7 Å². The van der Waals surface area contributed by atoms with E-state index in [9.17, 15) is 4.79 Å². The zero-order valence-electron chi connectivity index (χ0n) is 18.0. The van der Waals surface area contributed by atoms with Crippen molar-refractivity contribution in [1.82, 2.24) is 29.2 Å². The van der Waals surface area contributed by atoms with Crippen LogP contribution in [0.2, 0.25) is 0 Å². The van der Waals surface area contributed by atoms with Crippen LogP contribution in [0, 0.1) is 0 Å². The molecule has 9 nitrogen and oxygen atoms in total. The number of pyridine rings is 2. The van der Waals surface area contributed by atoms with Gasteiger partial charge in [-0.05, 0) is 43.2 Å². The molecule has 1 atom stereocenters. The van der Waals surface area contributed by atoms with E-state index in [1.807, 2.05) is 39.6 Å². The predicted molar refractivity (Wildman–Crippen MR) is 124 cm³/mol. The summed E-state index contributed by atoms with van der Waals surface area (Å²) in [4.78, 5) is 31.9. The number of likely N-dealkylation sites (tertiary alicyclic amines) is 1. The first kappa shape index (κ1) is 20.6. The third kappa shape index (κ3) is 4.00. The monoisotopic (exact) mass is 441 g/mol. The first-order valence-corrected chi connectivity index (χ1v) is 10.7. The van der Waals surface area contributed by atoms with E-state index in [-0.39, 0.29) is 11.8 Å². The molecule has 4 aromatic rings. The number of imidazole rings is 1. The molecule has 0 saturated carbocycles. The molecule has 1 aliphatic heterocycles. The summed E-state index contributed by atoms with van der Waals surface area (Å²) in [7, 11) is 0. The van der Waals surface area contributed by atoms with Crippen molar-refractivity contribution in [3.8, 4) is 23.1 Å². The Kier molecular flexibility index (Phi) is 5.43. The Morgan fingerprint density at radius 3 is 2.82 bits per heavy atom. The van der Waals surface area contributed by atoms with Crippen LogP contribution in [0.1, 0.15) is 24.5 Å². The number of fused-ring (bicyclic) bond motifs is 1. The van der Waals surface area contributed by atoms with Gasteiger partial charge in [0.2, 0.25) is 17.7 Å². The fourth-order valence-electron chi connectivity index (χ4n) is 4.19. The number of rotatable bonds is 5. The molecule has 5 rings (SSSR count). The third-order valence-electron chi connectivity index (χ3n) is 5.73. The van der Waals surface area contributed by atoms with Crippen molar-refractivity contribution in [2.75, 3.05) is 18.8 Å². The number of amides is 1. The van der Waals surface area contributed by atoms with E-state index in [0.29, 0.717) is 35.6 Å². The highest BCUT2D eigenvalue weighted by Crippen LogP contribution is 2.33. The molecule has 1 saturated heterocycles. The lowest BCUT2D eigenvalue weighted by Crippen LogP contribution is -2.38. The van der Waals surface area contributed by atoms with Gasteiger partial charge in [0, 0.05) is 37.5 Å². The minimum atomic E-state index is -0.0604. The summed E-state index contributed by atoms with van der Waals surface area (Å²) in [5.74, 6) is 2.00. The zero-order valence-corrected chi connectivity index (χ0v) is 18.0. The van der Waals surface area contributed by atoms with Gasteiger partial charge >= 0.3 is 0 Å². The molecule has 1 aliphatic rings. The SMILES string of the molecule is C=CC(=O)N1CCCC(c2nc(-c3ccc(Oc4ccccn4)cn3)n3c(N)nccc23)C1. The minimum absolute atomic E-state index is 0.0604. The number of hydrogen-bond acceptors (Lipinski definition) is 7. The van der Waals surface area contributed by atoms with Crippen LogP contribution in [-0.2, 0) is 4.79 Å². The molecule has 2 N–H and O–H groups in total. The van der Waals surface area contributed by atoms with E-state index < -0.39 is 0 Å². The molecule has 9 heteroatoms. The molecule has 0 spiro atoms. The summed E-state index contributed by atoms with van der Waals surface area (Å²) in [5.41, 5.74) is 8.63. The number of anilines is 1. The summed E-state index contributed by atoms with van der Waals surface area (Å²) >= 11 is 0. The summed E-state index contributed by atoms with van der Waals surface area (Å²) < 4.78 is 7.55. The molecule has 1 fully saturated rings. The lowest BCUT2D eigenvalue weighted by molar-refractivity contribution is -0.127. The molecule has 0 aliphatic carbocycles. The van der Waals surface area contributed by atoms with Crippen LogP contribution in [0.15, 0.2) is 67.6 Å². The van der Waals surface area contributed by atoms with Crippen LogP contribution >= 0.6 is 0 Å². The number of aromatic nitrogens is 5. The summed E-state index contributed by atoms with van der Waals surface area (Å²) in [5, 5.41) is 0. The Hall–Kier alpha value is -4.27. The maximum atomic E-state index is 12.2. The predicted octanol–water partition coefficient (Wildman–Crippen LogP) is 3.45. The van der Waals surface area contributed by atoms with Crippen molar-refractivity contribution >= 4 is 17.4 Å². The Bertz CT molecular complexity index is 1300. The highest BCUT2D eigenvalue weighted by molar-refractivity contribution is 5.87. The Labute approximate surface area is 190 Å². The number of ether oxygens (including phenoxy) is 1. The molecule has 0 bridgehead atoms. The second kappa shape index (κ2) is 8.70. The fraction of sp³-hybridized carbons (Fsp3) is 0.208. The Morgan fingerprint density at radius 2 is 2.06 bits per heavy atom. The number of nitrogens with two attached hydrogens (primary N) is 1. The van der Waals surface area contributed by atoms with Gasteiger partial charge in [0.05, 0.1) is 17.4 Å². The first-order valence-electron chi connectivity index (χ1n) is 10.7. The van der Waals surface area contributed by atoms with E-state index in [0.717, 1.165) is 30.6 Å². The van der Waals surface area contributed by atoms with Crippen LogP contribution < -0.4 is 10.5 Å². The molecule has 166 valence electrons. The molecular formula is C24H23N7O2. The van der Waals surface area contributed by atoms with Crippen molar-refractivity contribution in [3.63, 3.8) is 0 Å². The molecule has 33 heavy (non-hydrogen) atoms. The summed E-state index contributed by atoms with van der Waals surface area (Å²) in [6.07, 6.45) is 8.16. The van der Waals surface area contributed by atoms with Crippen LogP contribution in [0.4, 0.5) is 5.95 Å². The molecule has 4 aromatic heterocycles. The van der Waals surface area contributed by atoms with Gasteiger partial charge in [-0.1, -0.05) is 12.6 Å². The fourth-order valence-corrected chi connectivity index (χ4v) is 4.19. The number of piperidine rings is 1. The van der Waals surface area contributed by atoms with Crippen LogP contribution in [0.25, 0.3) is 17.0 Å². The highest BCUT2D eigenvalue weighted by atomic mass is 16.5. The Balaban J connectivity index is 1.50. The number of nitrogens with zero attached hydrogens (tertiary/aromatic N) is 6. The van der Waals surface area contributed by atoms with E-state index in [4.69, 9.17) is 15.5 Å². The van der Waals surface area contributed by atoms with Crippen molar-refractivity contribution in [1.29, 1.82) is 0 Å². The number of nitrogen functional groups attached to an aromatic ring is 1. The molecule has 5 heterocycles. The smallest absolute Gasteiger partial charge is 0.245 e. The standard InChI is InChI=1S/C24H23N7O2/c1-2-21(32)30-13-5-6-16(15-30)22-19-10-12-27-24(25)31(19)23(29-22)18-9-8-17(14-28-18)33-20-7-3-4-11-26-20/h2-4,7-12,14,16H,1,5-6,13,15H2,(H2,25,27). The maximum Gasteiger partial charge on any atom is 0.245 e. The molecule has 0 radical (unpaired) electrons. The van der Waals surface area contributed by atoms with E-state index in [1.165, 1.54) is 6.08 Å². The van der Waals surface area contributed by atoms with E-state index >= 15 is 0 Å². The average Bonchev–Trinajstić information content (AvgIpc) is 3.26. The second-order valence-corrected chi connectivity index (χ2v) is 7.82. The van der Waals surface area contributed by atoms with Crippen molar-refractivity contribution < 1.29 is 9.53 Å². The molecule has 0 aromatic carbocycles. The number of carbonyl (C=O) groups is 1. The van der Waals surface area contributed by atoms with Crippen molar-refractivity contribution in [3.05, 3.63) is 73.3 Å². The molecule has 1 unspecified atom stereocenters. The van der Waals surface area contributed by atoms with Gasteiger partial charge in [-0.3, -0.25) is 9.20 Å². The van der Waals surface area contributed by atoms with Gasteiger partial charge in [-0.25, -0.2) is 19.9 Å². The normalized spacial score (nSPS) is 16.0. The lowest BCUT2D eigenvalue weighted by atomic mass is 9.94. The highest BCUT2D eigenvalue weighted by Gasteiger charge is 2.28. The van der Waals surface area contributed by atoms with Gasteiger partial charge in [0.15, 0.2) is 5.82 Å². The number of hydrogen-bond donors (Lipinski definition) is 1. The lowest BCUT2D eigenvalue weighted by Gasteiger charge is -2.31. The van der Waals surface area contributed by atoms with Crippen molar-refractivity contribution in [2.45, 2.75) is 18.8 Å². The second-order valence-electron chi connectivity index (χ2n) is 7.82. The first-order chi connectivity index (χ1) is 16.1. The quantitative estimate of drug-likeness (QED) is 0.472. The molecular weight excluding hydrogens is 418 g/mol. The largest absolute Gasteiger partial charge is 0.437 e. The maximum absolute atomic E-state index is 12.2. The minimum Gasteiger partial charge on any atom is -0.437 e. The number of carbonyl (C=O) groups excluding carboxylic acids is 1. The van der Waals surface area contributed by atoms with Gasteiger partial charge in [0.1, 0.15) is 11.4 Å². The van der Waals surface area contributed by atoms with Crippen LogP contribution in [-0.4, -0.2) is 48.2 Å². The third-order valence-corrected chi connectivity index (χ3v) is 5.73. The van der Waals surface area contributed by atoms with Gasteiger partial charge in [-0.15, -0.1) is 0 Å². The van der Waals surface area contributed by atoms with Gasteiger partial charge in [0.25, 0.3) is 0 Å². The Morgan fingerprint density at radius 1 is 1.15 bits per heavy atom.